The van der Waals surface area contributed by atoms with Crippen LogP contribution in [0, 0.1) is 0 Å². The minimum atomic E-state index is -1.12. The van der Waals surface area contributed by atoms with E-state index in [1.165, 1.54) is 0 Å². The van der Waals surface area contributed by atoms with Crippen molar-refractivity contribution in [3.63, 3.8) is 0 Å². The molecule has 0 atom stereocenters. The van der Waals surface area contributed by atoms with Gasteiger partial charge in [0.1, 0.15) is 6.26 Å². The van der Waals surface area contributed by atoms with E-state index in [4.69, 9.17) is 9.52 Å². The Morgan fingerprint density at radius 1 is 1.05 bits per heavy atom. The lowest BCUT2D eigenvalue weighted by molar-refractivity contribution is 0.0690. The molecule has 2 N–H and O–H groups in total. The van der Waals surface area contributed by atoms with Crippen LogP contribution in [0.2, 0.25) is 0 Å². The number of carbonyl (C=O) groups is 1. The highest BCUT2D eigenvalue weighted by molar-refractivity contribution is 5.85. The van der Waals surface area contributed by atoms with Crippen molar-refractivity contribution in [2.75, 3.05) is 5.32 Å². The van der Waals surface area contributed by atoms with Gasteiger partial charge in [-0.2, -0.15) is 4.98 Å². The van der Waals surface area contributed by atoms with E-state index in [9.17, 15) is 4.79 Å². The van der Waals surface area contributed by atoms with Crippen molar-refractivity contribution >= 4 is 17.7 Å². The molecule has 0 radical (unpaired) electrons. The minimum Gasteiger partial charge on any atom is -0.476 e. The fourth-order valence-corrected chi connectivity index (χ4v) is 2.01. The molecule has 3 aromatic rings. The molecule has 1 aromatic heterocycles. The van der Waals surface area contributed by atoms with Gasteiger partial charge in [-0.1, -0.05) is 48.5 Å². The number of benzene rings is 2. The highest BCUT2D eigenvalue weighted by atomic mass is 16.4. The van der Waals surface area contributed by atoms with Crippen LogP contribution in [0.25, 0.3) is 11.1 Å². The Bertz CT molecular complexity index is 766. The minimum absolute atomic E-state index is 0.130. The van der Waals surface area contributed by atoms with Crippen molar-refractivity contribution in [2.24, 2.45) is 0 Å². The van der Waals surface area contributed by atoms with Crippen molar-refractivity contribution in [3.05, 3.63) is 66.6 Å². The number of anilines is 2. The van der Waals surface area contributed by atoms with Crippen LogP contribution in [0.15, 0.2) is 65.3 Å². The molecule has 0 bridgehead atoms. The zero-order chi connectivity index (χ0) is 14.7. The number of aromatic carboxylic acids is 1. The van der Waals surface area contributed by atoms with Crippen LogP contribution in [0.3, 0.4) is 0 Å². The molecule has 0 aliphatic heterocycles. The zero-order valence-electron chi connectivity index (χ0n) is 11.0. The van der Waals surface area contributed by atoms with Gasteiger partial charge in [0.25, 0.3) is 6.01 Å². The summed E-state index contributed by atoms with van der Waals surface area (Å²) < 4.78 is 5.12. The van der Waals surface area contributed by atoms with Gasteiger partial charge in [0.2, 0.25) is 0 Å². The number of nitrogens with zero attached hydrogens (tertiary/aromatic N) is 1. The van der Waals surface area contributed by atoms with Crippen LogP contribution in [0.1, 0.15) is 10.5 Å². The van der Waals surface area contributed by atoms with Gasteiger partial charge in [0, 0.05) is 5.56 Å². The zero-order valence-corrected chi connectivity index (χ0v) is 11.0. The molecule has 104 valence electrons. The van der Waals surface area contributed by atoms with Crippen molar-refractivity contribution < 1.29 is 14.3 Å². The van der Waals surface area contributed by atoms with E-state index in [0.717, 1.165) is 23.1 Å². The summed E-state index contributed by atoms with van der Waals surface area (Å²) >= 11 is 0. The molecule has 1 heterocycles. The van der Waals surface area contributed by atoms with E-state index in [0.29, 0.717) is 0 Å². The molecule has 0 saturated heterocycles. The SMILES string of the molecule is O=C(O)c1coc(Nc2ccccc2-c2ccccc2)n1. The largest absolute Gasteiger partial charge is 0.476 e. The first-order valence-corrected chi connectivity index (χ1v) is 6.34. The molecule has 2 aromatic carbocycles. The number of aromatic nitrogens is 1. The van der Waals surface area contributed by atoms with Gasteiger partial charge < -0.3 is 14.8 Å². The average molecular weight is 280 g/mol. The smallest absolute Gasteiger partial charge is 0.357 e. The third-order valence-electron chi connectivity index (χ3n) is 2.98. The lowest BCUT2D eigenvalue weighted by atomic mass is 10.0. The quantitative estimate of drug-likeness (QED) is 0.760. The normalized spacial score (nSPS) is 10.3. The second-order valence-electron chi connectivity index (χ2n) is 4.38. The maximum absolute atomic E-state index is 10.8. The first kappa shape index (κ1) is 12.9. The summed E-state index contributed by atoms with van der Waals surface area (Å²) in [5.74, 6) is -1.12. The van der Waals surface area contributed by atoms with Gasteiger partial charge in [-0.25, -0.2) is 4.79 Å². The number of carboxylic acid groups (broad SMARTS) is 1. The average Bonchev–Trinajstić information content (AvgIpc) is 2.98. The summed E-state index contributed by atoms with van der Waals surface area (Å²) in [6, 6.07) is 17.7. The van der Waals surface area contributed by atoms with E-state index in [1.807, 2.05) is 54.6 Å². The fraction of sp³-hybridized carbons (Fsp3) is 0. The van der Waals surface area contributed by atoms with Crippen molar-refractivity contribution in [1.82, 2.24) is 4.98 Å². The molecular formula is C16H12N2O3. The van der Waals surface area contributed by atoms with Crippen molar-refractivity contribution in [1.29, 1.82) is 0 Å². The van der Waals surface area contributed by atoms with Crippen LogP contribution in [-0.4, -0.2) is 16.1 Å². The molecule has 0 saturated carbocycles. The number of oxazole rings is 1. The standard InChI is InChI=1S/C16H12N2O3/c19-15(20)14-10-21-16(18-14)17-13-9-5-4-8-12(13)11-6-2-1-3-7-11/h1-10H,(H,17,18)(H,19,20). The predicted octanol–water partition coefficient (Wildman–Crippen LogP) is 3.78. The topological polar surface area (TPSA) is 75.4 Å². The first-order chi connectivity index (χ1) is 10.2. The fourth-order valence-electron chi connectivity index (χ4n) is 2.01. The van der Waals surface area contributed by atoms with E-state index in [1.54, 1.807) is 0 Å². The van der Waals surface area contributed by atoms with Gasteiger partial charge in [-0.05, 0) is 11.6 Å². The molecule has 5 heteroatoms. The Kier molecular flexibility index (Phi) is 3.39. The molecule has 21 heavy (non-hydrogen) atoms. The molecular weight excluding hydrogens is 268 g/mol. The molecule has 3 rings (SSSR count). The second kappa shape index (κ2) is 5.50. The predicted molar refractivity (Wildman–Crippen MR) is 78.6 cm³/mol. The van der Waals surface area contributed by atoms with Crippen LogP contribution in [-0.2, 0) is 0 Å². The third kappa shape index (κ3) is 2.76. The molecule has 5 nitrogen and oxygen atoms in total. The van der Waals surface area contributed by atoms with E-state index in [-0.39, 0.29) is 11.7 Å². The van der Waals surface area contributed by atoms with Gasteiger partial charge >= 0.3 is 5.97 Å². The summed E-state index contributed by atoms with van der Waals surface area (Å²) in [5, 5.41) is 11.9. The first-order valence-electron chi connectivity index (χ1n) is 6.34. The van der Waals surface area contributed by atoms with E-state index in [2.05, 4.69) is 10.3 Å². The summed E-state index contributed by atoms with van der Waals surface area (Å²) in [5.41, 5.74) is 2.69. The summed E-state index contributed by atoms with van der Waals surface area (Å²) in [4.78, 5) is 14.7. The molecule has 0 spiro atoms. The van der Waals surface area contributed by atoms with Crippen molar-refractivity contribution in [3.8, 4) is 11.1 Å². The van der Waals surface area contributed by atoms with Crippen molar-refractivity contribution in [2.45, 2.75) is 0 Å². The summed E-state index contributed by atoms with van der Waals surface area (Å²) in [7, 11) is 0. The van der Waals surface area contributed by atoms with Gasteiger partial charge in [0.15, 0.2) is 5.69 Å². The number of nitrogens with one attached hydrogen (secondary N) is 1. The summed E-state index contributed by atoms with van der Waals surface area (Å²) in [6.45, 7) is 0. The lowest BCUT2D eigenvalue weighted by Crippen LogP contribution is -1.98. The Balaban J connectivity index is 1.94. The maximum atomic E-state index is 10.8. The third-order valence-corrected chi connectivity index (χ3v) is 2.98. The molecule has 0 unspecified atom stereocenters. The highest BCUT2D eigenvalue weighted by Gasteiger charge is 2.12. The second-order valence-corrected chi connectivity index (χ2v) is 4.38. The number of carboxylic acids is 1. The molecule has 0 aliphatic carbocycles. The Labute approximate surface area is 120 Å². The number of rotatable bonds is 4. The Morgan fingerprint density at radius 2 is 1.76 bits per heavy atom. The highest BCUT2D eigenvalue weighted by Crippen LogP contribution is 2.29. The van der Waals surface area contributed by atoms with Gasteiger partial charge in [0.05, 0.1) is 5.69 Å². The van der Waals surface area contributed by atoms with E-state index < -0.39 is 5.97 Å². The molecule has 0 aliphatic rings. The Hall–Kier alpha value is -3.08. The van der Waals surface area contributed by atoms with Crippen LogP contribution < -0.4 is 5.32 Å². The number of hydrogen-bond acceptors (Lipinski definition) is 4. The van der Waals surface area contributed by atoms with Gasteiger partial charge in [-0.3, -0.25) is 0 Å². The Morgan fingerprint density at radius 3 is 2.48 bits per heavy atom. The maximum Gasteiger partial charge on any atom is 0.357 e. The monoisotopic (exact) mass is 280 g/mol. The summed E-state index contributed by atoms with van der Waals surface area (Å²) in [6.07, 6.45) is 1.11. The molecule has 0 fully saturated rings. The van der Waals surface area contributed by atoms with Crippen LogP contribution in [0.4, 0.5) is 11.7 Å². The lowest BCUT2D eigenvalue weighted by Gasteiger charge is -2.09. The van der Waals surface area contributed by atoms with Gasteiger partial charge in [-0.15, -0.1) is 0 Å². The van der Waals surface area contributed by atoms with E-state index >= 15 is 0 Å². The van der Waals surface area contributed by atoms with Crippen LogP contribution in [0.5, 0.6) is 0 Å². The molecule has 0 amide bonds. The number of hydrogen-bond donors (Lipinski definition) is 2. The van der Waals surface area contributed by atoms with Crippen LogP contribution >= 0.6 is 0 Å². The number of para-hydroxylation sites is 1.